The maximum Gasteiger partial charge on any atom is 0.0983 e. The zero-order chi connectivity index (χ0) is 15.2. The standard InChI is InChI=1S/C20H32N2/c1-21(19-10-6-3-7-11-19)20-13-16-22(17-14-20)15-12-18-8-4-2-5-9-18/h2,4-5,8-9,19-20H,3,6-7,10-17H2,1H3/p+2. The van der Waals surface area contributed by atoms with E-state index < -0.39 is 0 Å². The molecule has 1 saturated heterocycles. The van der Waals surface area contributed by atoms with Gasteiger partial charge in [-0.15, -0.1) is 0 Å². The molecule has 1 aromatic rings. The molecule has 1 unspecified atom stereocenters. The van der Waals surface area contributed by atoms with Crippen molar-refractivity contribution in [3.63, 3.8) is 0 Å². The molecule has 2 fully saturated rings. The van der Waals surface area contributed by atoms with Gasteiger partial charge in [-0.3, -0.25) is 0 Å². The van der Waals surface area contributed by atoms with Crippen LogP contribution in [-0.4, -0.2) is 38.8 Å². The van der Waals surface area contributed by atoms with Crippen molar-refractivity contribution in [3.8, 4) is 0 Å². The molecule has 1 aliphatic heterocycles. The molecule has 0 amide bonds. The lowest BCUT2D eigenvalue weighted by molar-refractivity contribution is -0.962. The first-order valence-corrected chi connectivity index (χ1v) is 9.54. The van der Waals surface area contributed by atoms with Crippen LogP contribution in [0.4, 0.5) is 0 Å². The number of benzene rings is 1. The Bertz CT molecular complexity index is 417. The van der Waals surface area contributed by atoms with Crippen LogP contribution in [0.25, 0.3) is 0 Å². The van der Waals surface area contributed by atoms with Crippen LogP contribution in [0, 0.1) is 0 Å². The molecule has 2 aliphatic rings. The van der Waals surface area contributed by atoms with E-state index in [-0.39, 0.29) is 0 Å². The smallest absolute Gasteiger partial charge is 0.0983 e. The molecular formula is C20H34N2+2. The van der Waals surface area contributed by atoms with Gasteiger partial charge >= 0.3 is 0 Å². The maximum absolute atomic E-state index is 2.48. The first-order chi connectivity index (χ1) is 10.8. The minimum Gasteiger partial charge on any atom is -0.334 e. The van der Waals surface area contributed by atoms with E-state index in [1.807, 2.05) is 9.80 Å². The Morgan fingerprint density at radius 3 is 2.23 bits per heavy atom. The third-order valence-electron chi connectivity index (χ3n) is 6.20. The van der Waals surface area contributed by atoms with Gasteiger partial charge in [-0.05, 0) is 31.2 Å². The Morgan fingerprint density at radius 2 is 1.55 bits per heavy atom. The minimum atomic E-state index is 0.934. The molecule has 1 atom stereocenters. The number of rotatable bonds is 5. The summed E-state index contributed by atoms with van der Waals surface area (Å²) in [5.74, 6) is 0. The fourth-order valence-electron chi connectivity index (χ4n) is 4.59. The molecule has 1 aromatic carbocycles. The minimum absolute atomic E-state index is 0.934. The third-order valence-corrected chi connectivity index (χ3v) is 6.20. The van der Waals surface area contributed by atoms with Crippen LogP contribution in [0.3, 0.4) is 0 Å². The van der Waals surface area contributed by atoms with Crippen molar-refractivity contribution in [1.29, 1.82) is 0 Å². The average Bonchev–Trinajstić information content (AvgIpc) is 2.61. The number of quaternary nitrogens is 2. The van der Waals surface area contributed by atoms with Gasteiger partial charge in [0.1, 0.15) is 0 Å². The van der Waals surface area contributed by atoms with E-state index in [0.717, 1.165) is 12.1 Å². The lowest BCUT2D eigenvalue weighted by Gasteiger charge is -2.37. The first kappa shape index (κ1) is 16.0. The number of hydrogen-bond donors (Lipinski definition) is 2. The van der Waals surface area contributed by atoms with Gasteiger partial charge in [0.25, 0.3) is 0 Å². The summed E-state index contributed by atoms with van der Waals surface area (Å²) in [6.07, 6.45) is 11.5. The summed E-state index contributed by atoms with van der Waals surface area (Å²) in [6, 6.07) is 12.9. The summed E-state index contributed by atoms with van der Waals surface area (Å²) in [5, 5.41) is 0. The van der Waals surface area contributed by atoms with E-state index in [1.54, 1.807) is 0 Å². The van der Waals surface area contributed by atoms with E-state index in [4.69, 9.17) is 0 Å². The summed E-state index contributed by atoms with van der Waals surface area (Å²) < 4.78 is 0. The zero-order valence-corrected chi connectivity index (χ0v) is 14.3. The van der Waals surface area contributed by atoms with E-state index in [9.17, 15) is 0 Å². The molecule has 0 aromatic heterocycles. The van der Waals surface area contributed by atoms with Crippen LogP contribution in [0.15, 0.2) is 30.3 Å². The van der Waals surface area contributed by atoms with Gasteiger partial charge in [-0.2, -0.15) is 0 Å². The van der Waals surface area contributed by atoms with Gasteiger partial charge in [-0.1, -0.05) is 36.8 Å². The predicted molar refractivity (Wildman–Crippen MR) is 92.5 cm³/mol. The fourth-order valence-corrected chi connectivity index (χ4v) is 4.59. The van der Waals surface area contributed by atoms with E-state index in [0.29, 0.717) is 0 Å². The molecule has 1 aliphatic carbocycles. The summed E-state index contributed by atoms with van der Waals surface area (Å²) in [5.41, 5.74) is 1.50. The predicted octanol–water partition coefficient (Wildman–Crippen LogP) is 1.12. The van der Waals surface area contributed by atoms with Gasteiger partial charge < -0.3 is 9.80 Å². The highest BCUT2D eigenvalue weighted by atomic mass is 15.2. The van der Waals surface area contributed by atoms with Gasteiger partial charge in [0.05, 0.1) is 38.8 Å². The molecule has 0 bridgehead atoms. The van der Waals surface area contributed by atoms with Gasteiger partial charge in [0.2, 0.25) is 0 Å². The molecule has 0 radical (unpaired) electrons. The maximum atomic E-state index is 2.48. The van der Waals surface area contributed by atoms with Crippen molar-refractivity contribution < 1.29 is 9.80 Å². The second-order valence-corrected chi connectivity index (χ2v) is 7.59. The van der Waals surface area contributed by atoms with Gasteiger partial charge in [0, 0.05) is 19.3 Å². The Morgan fingerprint density at radius 1 is 0.909 bits per heavy atom. The van der Waals surface area contributed by atoms with Crippen molar-refractivity contribution in [3.05, 3.63) is 35.9 Å². The van der Waals surface area contributed by atoms with Gasteiger partial charge in [0.15, 0.2) is 0 Å². The largest absolute Gasteiger partial charge is 0.334 e. The molecular weight excluding hydrogens is 268 g/mol. The molecule has 3 rings (SSSR count). The van der Waals surface area contributed by atoms with E-state index in [2.05, 4.69) is 37.4 Å². The van der Waals surface area contributed by atoms with Crippen LogP contribution in [-0.2, 0) is 6.42 Å². The molecule has 122 valence electrons. The van der Waals surface area contributed by atoms with Crippen molar-refractivity contribution in [2.45, 2.75) is 63.5 Å². The second kappa shape index (κ2) is 8.12. The summed E-state index contributed by atoms with van der Waals surface area (Å²) in [6.45, 7) is 4.10. The molecule has 0 spiro atoms. The number of hydrogen-bond acceptors (Lipinski definition) is 0. The number of likely N-dealkylation sites (tertiary alicyclic amines) is 1. The zero-order valence-electron chi connectivity index (χ0n) is 14.3. The Kier molecular flexibility index (Phi) is 5.91. The van der Waals surface area contributed by atoms with Crippen LogP contribution in [0.5, 0.6) is 0 Å². The Balaban J connectivity index is 1.40. The Hall–Kier alpha value is -0.860. The highest BCUT2D eigenvalue weighted by Gasteiger charge is 2.32. The molecule has 22 heavy (non-hydrogen) atoms. The van der Waals surface area contributed by atoms with Crippen LogP contribution >= 0.6 is 0 Å². The second-order valence-electron chi connectivity index (χ2n) is 7.59. The fraction of sp³-hybridized carbons (Fsp3) is 0.700. The lowest BCUT2D eigenvalue weighted by atomic mass is 9.92. The lowest BCUT2D eigenvalue weighted by Crippen LogP contribution is -3.21. The van der Waals surface area contributed by atoms with Crippen LogP contribution in [0.1, 0.15) is 50.5 Å². The quantitative estimate of drug-likeness (QED) is 0.807. The van der Waals surface area contributed by atoms with Crippen molar-refractivity contribution in [2.24, 2.45) is 0 Å². The molecule has 1 heterocycles. The van der Waals surface area contributed by atoms with Crippen LogP contribution < -0.4 is 9.80 Å². The van der Waals surface area contributed by atoms with Gasteiger partial charge in [-0.25, -0.2) is 0 Å². The highest BCUT2D eigenvalue weighted by molar-refractivity contribution is 5.14. The molecule has 2 heteroatoms. The topological polar surface area (TPSA) is 8.88 Å². The third kappa shape index (κ3) is 4.33. The van der Waals surface area contributed by atoms with Crippen molar-refractivity contribution in [1.82, 2.24) is 0 Å². The highest BCUT2D eigenvalue weighted by Crippen LogP contribution is 2.16. The van der Waals surface area contributed by atoms with Crippen LogP contribution in [0.2, 0.25) is 0 Å². The average molecular weight is 303 g/mol. The SMILES string of the molecule is C[NH+](C1CCCCC1)C1CC[NH+](CCc2ccccc2)CC1. The number of piperidine rings is 1. The summed E-state index contributed by atoms with van der Waals surface area (Å²) in [7, 11) is 2.48. The molecule has 1 saturated carbocycles. The number of nitrogens with one attached hydrogen (secondary N) is 2. The Labute approximate surface area is 136 Å². The monoisotopic (exact) mass is 302 g/mol. The normalized spacial score (nSPS) is 28.4. The van der Waals surface area contributed by atoms with Crippen molar-refractivity contribution in [2.75, 3.05) is 26.7 Å². The summed E-state index contributed by atoms with van der Waals surface area (Å²) >= 11 is 0. The summed E-state index contributed by atoms with van der Waals surface area (Å²) in [4.78, 5) is 3.69. The molecule has 2 nitrogen and oxygen atoms in total. The first-order valence-electron chi connectivity index (χ1n) is 9.54. The van der Waals surface area contributed by atoms with Crippen molar-refractivity contribution >= 4 is 0 Å². The molecule has 2 N–H and O–H groups in total. The van der Waals surface area contributed by atoms with E-state index >= 15 is 0 Å². The van der Waals surface area contributed by atoms with E-state index in [1.165, 1.54) is 76.6 Å².